The van der Waals surface area contributed by atoms with Gasteiger partial charge in [-0.15, -0.1) is 0 Å². The van der Waals surface area contributed by atoms with Crippen molar-refractivity contribution in [1.82, 2.24) is 0 Å². The SMILES string of the molecule is O=c1c2cc(Br)ccc2ccc2c(F)cccc12. The maximum absolute atomic E-state index is 13.7. The molecular formula is C15H8BrFO. The summed E-state index contributed by atoms with van der Waals surface area (Å²) in [5.74, 6) is -0.371. The summed E-state index contributed by atoms with van der Waals surface area (Å²) in [6, 6.07) is 13.5. The van der Waals surface area contributed by atoms with Gasteiger partial charge in [0, 0.05) is 20.6 Å². The number of hydrogen-bond donors (Lipinski definition) is 0. The van der Waals surface area contributed by atoms with E-state index in [2.05, 4.69) is 15.9 Å². The van der Waals surface area contributed by atoms with Crippen LogP contribution in [0.15, 0.2) is 57.8 Å². The minimum atomic E-state index is -0.371. The molecule has 0 N–H and O–H groups in total. The fraction of sp³-hybridized carbons (Fsp3) is 0. The molecule has 1 nitrogen and oxygen atoms in total. The highest BCUT2D eigenvalue weighted by molar-refractivity contribution is 9.10. The molecule has 3 heteroatoms. The third kappa shape index (κ3) is 1.71. The number of hydrogen-bond acceptors (Lipinski definition) is 1. The molecule has 18 heavy (non-hydrogen) atoms. The highest BCUT2D eigenvalue weighted by Crippen LogP contribution is 2.20. The third-order valence-electron chi connectivity index (χ3n) is 2.99. The monoisotopic (exact) mass is 302 g/mol. The fourth-order valence-electron chi connectivity index (χ4n) is 2.09. The summed E-state index contributed by atoms with van der Waals surface area (Å²) in [7, 11) is 0. The largest absolute Gasteiger partial charge is 0.289 e. The van der Waals surface area contributed by atoms with Gasteiger partial charge in [0.15, 0.2) is 5.43 Å². The minimum Gasteiger partial charge on any atom is -0.289 e. The number of benzene rings is 2. The highest BCUT2D eigenvalue weighted by Gasteiger charge is 2.05. The van der Waals surface area contributed by atoms with Crippen molar-refractivity contribution in [2.24, 2.45) is 0 Å². The van der Waals surface area contributed by atoms with Crippen LogP contribution in [0.3, 0.4) is 0 Å². The van der Waals surface area contributed by atoms with Gasteiger partial charge in [0.1, 0.15) is 5.82 Å². The maximum Gasteiger partial charge on any atom is 0.194 e. The Morgan fingerprint density at radius 3 is 2.50 bits per heavy atom. The molecule has 0 unspecified atom stereocenters. The van der Waals surface area contributed by atoms with E-state index in [0.717, 1.165) is 9.86 Å². The quantitative estimate of drug-likeness (QED) is 0.606. The van der Waals surface area contributed by atoms with Gasteiger partial charge in [0.25, 0.3) is 0 Å². The second-order valence-electron chi connectivity index (χ2n) is 4.10. The van der Waals surface area contributed by atoms with Gasteiger partial charge in [-0.1, -0.05) is 46.3 Å². The Bertz CT molecular complexity index is 820. The second-order valence-corrected chi connectivity index (χ2v) is 5.01. The molecule has 0 fully saturated rings. The molecule has 0 atom stereocenters. The molecule has 3 aromatic rings. The fourth-order valence-corrected chi connectivity index (χ4v) is 2.45. The van der Waals surface area contributed by atoms with E-state index in [4.69, 9.17) is 0 Å². The summed E-state index contributed by atoms with van der Waals surface area (Å²) in [6.45, 7) is 0. The van der Waals surface area contributed by atoms with Gasteiger partial charge in [-0.2, -0.15) is 0 Å². The zero-order valence-corrected chi connectivity index (χ0v) is 10.9. The van der Waals surface area contributed by atoms with Crippen LogP contribution >= 0.6 is 15.9 Å². The molecule has 0 aliphatic rings. The van der Waals surface area contributed by atoms with E-state index in [1.165, 1.54) is 6.07 Å². The molecule has 0 bridgehead atoms. The molecule has 0 spiro atoms. The molecule has 0 radical (unpaired) electrons. The van der Waals surface area contributed by atoms with E-state index in [1.54, 1.807) is 30.3 Å². The van der Waals surface area contributed by atoms with Gasteiger partial charge in [-0.05, 0) is 23.6 Å². The Hall–Kier alpha value is -1.74. The normalized spacial score (nSPS) is 11.0. The topological polar surface area (TPSA) is 17.1 Å². The predicted molar refractivity (Wildman–Crippen MR) is 75.4 cm³/mol. The molecule has 0 heterocycles. The van der Waals surface area contributed by atoms with E-state index in [-0.39, 0.29) is 11.2 Å². The lowest BCUT2D eigenvalue weighted by Crippen LogP contribution is -1.98. The van der Waals surface area contributed by atoms with Crippen LogP contribution in [0.1, 0.15) is 0 Å². The van der Waals surface area contributed by atoms with Crippen molar-refractivity contribution in [3.05, 3.63) is 69.0 Å². The van der Waals surface area contributed by atoms with Crippen molar-refractivity contribution in [3.8, 4) is 0 Å². The van der Waals surface area contributed by atoms with Crippen molar-refractivity contribution in [2.75, 3.05) is 0 Å². The van der Waals surface area contributed by atoms with Gasteiger partial charge in [0.2, 0.25) is 0 Å². The summed E-state index contributed by atoms with van der Waals surface area (Å²) >= 11 is 3.35. The summed E-state index contributed by atoms with van der Waals surface area (Å²) in [6.07, 6.45) is 0. The summed E-state index contributed by atoms with van der Waals surface area (Å²) in [4.78, 5) is 12.4. The van der Waals surface area contributed by atoms with Gasteiger partial charge >= 0.3 is 0 Å². The third-order valence-corrected chi connectivity index (χ3v) is 3.48. The van der Waals surface area contributed by atoms with E-state index in [1.807, 2.05) is 12.1 Å². The second kappa shape index (κ2) is 4.18. The molecular weight excluding hydrogens is 295 g/mol. The Balaban J connectivity index is 2.66. The van der Waals surface area contributed by atoms with Crippen LogP contribution < -0.4 is 5.43 Å². The molecule has 88 valence electrons. The van der Waals surface area contributed by atoms with Crippen molar-refractivity contribution < 1.29 is 4.39 Å². The Labute approximate surface area is 111 Å². The number of halogens is 2. The van der Waals surface area contributed by atoms with Gasteiger partial charge in [0.05, 0.1) is 0 Å². The zero-order chi connectivity index (χ0) is 12.7. The minimum absolute atomic E-state index is 0.147. The average molecular weight is 303 g/mol. The Morgan fingerprint density at radius 1 is 0.889 bits per heavy atom. The Morgan fingerprint density at radius 2 is 1.67 bits per heavy atom. The van der Waals surface area contributed by atoms with E-state index in [0.29, 0.717) is 16.2 Å². The Kier molecular flexibility index (Phi) is 2.63. The first kappa shape index (κ1) is 11.4. The molecule has 0 saturated carbocycles. The lowest BCUT2D eigenvalue weighted by Gasteiger charge is -1.94. The van der Waals surface area contributed by atoms with Crippen LogP contribution in [-0.4, -0.2) is 0 Å². The molecule has 0 saturated heterocycles. The zero-order valence-electron chi connectivity index (χ0n) is 9.28. The van der Waals surface area contributed by atoms with Crippen molar-refractivity contribution in [1.29, 1.82) is 0 Å². The first-order chi connectivity index (χ1) is 8.66. The van der Waals surface area contributed by atoms with Crippen LogP contribution in [0.25, 0.3) is 21.5 Å². The lowest BCUT2D eigenvalue weighted by atomic mass is 10.1. The van der Waals surface area contributed by atoms with Crippen LogP contribution in [0.2, 0.25) is 0 Å². The standard InChI is InChI=1S/C15H8BrFO/c16-10-6-4-9-5-7-11-12(2-1-3-14(11)17)15(18)13(9)8-10/h1-8H. The van der Waals surface area contributed by atoms with Crippen LogP contribution in [0.4, 0.5) is 4.39 Å². The van der Waals surface area contributed by atoms with E-state index < -0.39 is 0 Å². The summed E-state index contributed by atoms with van der Waals surface area (Å²) in [5, 5.41) is 2.15. The summed E-state index contributed by atoms with van der Waals surface area (Å²) < 4.78 is 14.6. The smallest absolute Gasteiger partial charge is 0.194 e. The predicted octanol–water partition coefficient (Wildman–Crippen LogP) is 4.25. The molecule has 0 aliphatic carbocycles. The number of rotatable bonds is 0. The molecule has 3 aromatic carbocycles. The number of fused-ring (bicyclic) bond motifs is 2. The van der Waals surface area contributed by atoms with Crippen molar-refractivity contribution in [2.45, 2.75) is 0 Å². The average Bonchev–Trinajstić information content (AvgIpc) is 2.50. The maximum atomic E-state index is 13.7. The molecule has 0 aromatic heterocycles. The highest BCUT2D eigenvalue weighted by atomic mass is 79.9. The first-order valence-electron chi connectivity index (χ1n) is 5.47. The molecule has 3 rings (SSSR count). The summed E-state index contributed by atoms with van der Waals surface area (Å²) in [5.41, 5.74) is -0.147. The first-order valence-corrected chi connectivity index (χ1v) is 6.27. The lowest BCUT2D eigenvalue weighted by molar-refractivity contribution is 0.640. The van der Waals surface area contributed by atoms with Crippen molar-refractivity contribution >= 4 is 37.5 Å². The molecule has 0 aliphatic heterocycles. The van der Waals surface area contributed by atoms with Crippen molar-refractivity contribution in [3.63, 3.8) is 0 Å². The van der Waals surface area contributed by atoms with Gasteiger partial charge < -0.3 is 0 Å². The van der Waals surface area contributed by atoms with Gasteiger partial charge in [-0.25, -0.2) is 4.39 Å². The van der Waals surface area contributed by atoms with Gasteiger partial charge in [-0.3, -0.25) is 4.79 Å². The van der Waals surface area contributed by atoms with E-state index in [9.17, 15) is 9.18 Å². The molecule has 0 amide bonds. The van der Waals surface area contributed by atoms with E-state index >= 15 is 0 Å². The van der Waals surface area contributed by atoms with Crippen LogP contribution in [-0.2, 0) is 0 Å². The van der Waals surface area contributed by atoms with Crippen LogP contribution in [0, 0.1) is 5.82 Å². The van der Waals surface area contributed by atoms with Crippen LogP contribution in [0.5, 0.6) is 0 Å².